The predicted octanol–water partition coefficient (Wildman–Crippen LogP) is 2.98. The van der Waals surface area contributed by atoms with Crippen molar-refractivity contribution in [2.45, 2.75) is 12.3 Å². The molecular formula is C16H19NO. The van der Waals surface area contributed by atoms with Gasteiger partial charge in [0.25, 0.3) is 0 Å². The Morgan fingerprint density at radius 1 is 1.00 bits per heavy atom. The first-order valence-corrected chi connectivity index (χ1v) is 6.22. The third-order valence-corrected chi connectivity index (χ3v) is 3.19. The zero-order valence-electron chi connectivity index (χ0n) is 10.7. The van der Waals surface area contributed by atoms with Crippen LogP contribution in [0, 0.1) is 0 Å². The highest BCUT2D eigenvalue weighted by Crippen LogP contribution is 2.28. The highest BCUT2D eigenvalue weighted by Gasteiger charge is 2.14. The van der Waals surface area contributed by atoms with Crippen LogP contribution in [-0.2, 0) is 6.42 Å². The first-order valence-electron chi connectivity index (χ1n) is 6.22. The summed E-state index contributed by atoms with van der Waals surface area (Å²) >= 11 is 0. The first kappa shape index (κ1) is 12.7. The third kappa shape index (κ3) is 2.90. The van der Waals surface area contributed by atoms with E-state index in [-0.39, 0.29) is 0 Å². The van der Waals surface area contributed by atoms with E-state index in [1.807, 2.05) is 24.3 Å². The molecule has 0 saturated carbocycles. The summed E-state index contributed by atoms with van der Waals surface area (Å²) < 4.78 is 5.41. The molecule has 0 aliphatic carbocycles. The standard InChI is InChI=1S/C16H19NO/c1-18-16-10-6-5-9-15(16)14(12-17)11-13-7-3-2-4-8-13/h2-10,14H,11-12,17H2,1H3. The van der Waals surface area contributed by atoms with E-state index in [0.29, 0.717) is 12.5 Å². The summed E-state index contributed by atoms with van der Waals surface area (Å²) in [5, 5.41) is 0. The van der Waals surface area contributed by atoms with Crippen molar-refractivity contribution in [3.05, 3.63) is 65.7 Å². The maximum Gasteiger partial charge on any atom is 0.122 e. The molecule has 1 atom stereocenters. The summed E-state index contributed by atoms with van der Waals surface area (Å²) in [6, 6.07) is 18.5. The predicted molar refractivity (Wildman–Crippen MR) is 74.9 cm³/mol. The van der Waals surface area contributed by atoms with E-state index in [2.05, 4.69) is 30.3 Å². The van der Waals surface area contributed by atoms with Gasteiger partial charge in [-0.1, -0.05) is 48.5 Å². The van der Waals surface area contributed by atoms with Gasteiger partial charge >= 0.3 is 0 Å². The zero-order valence-corrected chi connectivity index (χ0v) is 10.7. The average Bonchev–Trinajstić information content (AvgIpc) is 2.46. The molecule has 0 bridgehead atoms. The Bertz CT molecular complexity index is 481. The summed E-state index contributed by atoms with van der Waals surface area (Å²) in [5.41, 5.74) is 8.41. The molecule has 0 aromatic heterocycles. The topological polar surface area (TPSA) is 35.2 Å². The Balaban J connectivity index is 2.23. The second-order valence-corrected chi connectivity index (χ2v) is 4.36. The number of nitrogens with two attached hydrogens (primary N) is 1. The summed E-state index contributed by atoms with van der Waals surface area (Å²) in [5.74, 6) is 1.22. The SMILES string of the molecule is COc1ccccc1C(CN)Cc1ccccc1. The monoisotopic (exact) mass is 241 g/mol. The summed E-state index contributed by atoms with van der Waals surface area (Å²) in [7, 11) is 1.70. The van der Waals surface area contributed by atoms with Crippen LogP contribution in [0.5, 0.6) is 5.75 Å². The molecule has 2 rings (SSSR count). The van der Waals surface area contributed by atoms with Gasteiger partial charge in [-0.3, -0.25) is 0 Å². The van der Waals surface area contributed by atoms with Crippen molar-refractivity contribution in [1.29, 1.82) is 0 Å². The molecule has 0 aliphatic rings. The number of methoxy groups -OCH3 is 1. The lowest BCUT2D eigenvalue weighted by atomic mass is 9.91. The number of hydrogen-bond donors (Lipinski definition) is 1. The van der Waals surface area contributed by atoms with Crippen LogP contribution in [0.15, 0.2) is 54.6 Å². The molecule has 2 aromatic rings. The maximum atomic E-state index is 5.92. The number of hydrogen-bond acceptors (Lipinski definition) is 2. The molecule has 1 unspecified atom stereocenters. The maximum absolute atomic E-state index is 5.92. The zero-order chi connectivity index (χ0) is 12.8. The second-order valence-electron chi connectivity index (χ2n) is 4.36. The van der Waals surface area contributed by atoms with Crippen LogP contribution in [0.3, 0.4) is 0 Å². The first-order chi connectivity index (χ1) is 8.85. The largest absolute Gasteiger partial charge is 0.496 e. The lowest BCUT2D eigenvalue weighted by Gasteiger charge is -2.18. The van der Waals surface area contributed by atoms with E-state index in [4.69, 9.17) is 10.5 Å². The van der Waals surface area contributed by atoms with Crippen LogP contribution in [0.25, 0.3) is 0 Å². The van der Waals surface area contributed by atoms with Crippen molar-refractivity contribution in [2.24, 2.45) is 5.73 Å². The van der Waals surface area contributed by atoms with Crippen molar-refractivity contribution in [1.82, 2.24) is 0 Å². The van der Waals surface area contributed by atoms with Gasteiger partial charge in [0.1, 0.15) is 5.75 Å². The molecule has 2 aromatic carbocycles. The van der Waals surface area contributed by atoms with Gasteiger partial charge in [-0.2, -0.15) is 0 Å². The Morgan fingerprint density at radius 2 is 1.67 bits per heavy atom. The van der Waals surface area contributed by atoms with Crippen LogP contribution in [0.4, 0.5) is 0 Å². The van der Waals surface area contributed by atoms with Crippen molar-refractivity contribution < 1.29 is 4.74 Å². The van der Waals surface area contributed by atoms with Gasteiger partial charge in [-0.05, 0) is 30.2 Å². The molecule has 18 heavy (non-hydrogen) atoms. The molecular weight excluding hydrogens is 222 g/mol. The fourth-order valence-corrected chi connectivity index (χ4v) is 2.22. The van der Waals surface area contributed by atoms with E-state index in [1.54, 1.807) is 7.11 Å². The smallest absolute Gasteiger partial charge is 0.122 e. The van der Waals surface area contributed by atoms with Crippen molar-refractivity contribution >= 4 is 0 Å². The lowest BCUT2D eigenvalue weighted by molar-refractivity contribution is 0.405. The molecule has 94 valence electrons. The Labute approximate surface area is 108 Å². The molecule has 0 saturated heterocycles. The number of para-hydroxylation sites is 1. The molecule has 0 amide bonds. The van der Waals surface area contributed by atoms with E-state index < -0.39 is 0 Å². The van der Waals surface area contributed by atoms with Crippen molar-refractivity contribution in [2.75, 3.05) is 13.7 Å². The van der Waals surface area contributed by atoms with Gasteiger partial charge in [0.05, 0.1) is 7.11 Å². The van der Waals surface area contributed by atoms with Crippen LogP contribution in [0.1, 0.15) is 17.0 Å². The molecule has 2 heteroatoms. The van der Waals surface area contributed by atoms with Crippen LogP contribution in [-0.4, -0.2) is 13.7 Å². The van der Waals surface area contributed by atoms with Crippen LogP contribution >= 0.6 is 0 Å². The normalized spacial score (nSPS) is 12.1. The van der Waals surface area contributed by atoms with E-state index >= 15 is 0 Å². The Morgan fingerprint density at radius 3 is 2.33 bits per heavy atom. The summed E-state index contributed by atoms with van der Waals surface area (Å²) in [6.45, 7) is 0.620. The summed E-state index contributed by atoms with van der Waals surface area (Å²) in [6.07, 6.45) is 0.942. The molecule has 0 radical (unpaired) electrons. The molecule has 0 fully saturated rings. The van der Waals surface area contributed by atoms with Crippen LogP contribution in [0.2, 0.25) is 0 Å². The Hall–Kier alpha value is -1.80. The van der Waals surface area contributed by atoms with E-state index in [0.717, 1.165) is 12.2 Å². The van der Waals surface area contributed by atoms with Gasteiger partial charge in [-0.15, -0.1) is 0 Å². The lowest BCUT2D eigenvalue weighted by Crippen LogP contribution is -2.15. The molecule has 0 heterocycles. The minimum Gasteiger partial charge on any atom is -0.496 e. The molecule has 0 aliphatic heterocycles. The minimum atomic E-state index is 0.295. The minimum absolute atomic E-state index is 0.295. The molecule has 2 N–H and O–H groups in total. The van der Waals surface area contributed by atoms with E-state index in [9.17, 15) is 0 Å². The second kappa shape index (κ2) is 6.22. The van der Waals surface area contributed by atoms with E-state index in [1.165, 1.54) is 11.1 Å². The number of ether oxygens (including phenoxy) is 1. The summed E-state index contributed by atoms with van der Waals surface area (Å²) in [4.78, 5) is 0. The quantitative estimate of drug-likeness (QED) is 0.873. The average molecular weight is 241 g/mol. The molecule has 0 spiro atoms. The number of rotatable bonds is 5. The van der Waals surface area contributed by atoms with Gasteiger partial charge in [0.15, 0.2) is 0 Å². The van der Waals surface area contributed by atoms with Crippen molar-refractivity contribution in [3.8, 4) is 5.75 Å². The van der Waals surface area contributed by atoms with Gasteiger partial charge in [0, 0.05) is 5.92 Å². The highest BCUT2D eigenvalue weighted by atomic mass is 16.5. The van der Waals surface area contributed by atoms with Gasteiger partial charge in [0.2, 0.25) is 0 Å². The fraction of sp³-hybridized carbons (Fsp3) is 0.250. The van der Waals surface area contributed by atoms with Crippen molar-refractivity contribution in [3.63, 3.8) is 0 Å². The van der Waals surface area contributed by atoms with Gasteiger partial charge in [-0.25, -0.2) is 0 Å². The third-order valence-electron chi connectivity index (χ3n) is 3.19. The highest BCUT2D eigenvalue weighted by molar-refractivity contribution is 5.37. The number of benzene rings is 2. The molecule has 2 nitrogen and oxygen atoms in total. The Kier molecular flexibility index (Phi) is 4.37. The fourth-order valence-electron chi connectivity index (χ4n) is 2.22. The van der Waals surface area contributed by atoms with Crippen LogP contribution < -0.4 is 10.5 Å². The van der Waals surface area contributed by atoms with Gasteiger partial charge < -0.3 is 10.5 Å².